The Labute approximate surface area is 114 Å². The van der Waals surface area contributed by atoms with Crippen LogP contribution in [-0.2, 0) is 4.74 Å². The summed E-state index contributed by atoms with van der Waals surface area (Å²) in [6, 6.07) is 6.37. The third kappa shape index (κ3) is 2.65. The fraction of sp³-hybridized carbons (Fsp3) is 0.600. The first kappa shape index (κ1) is 13.7. The maximum Gasteiger partial charge on any atom is 0.128 e. The maximum atomic E-state index is 6.10. The van der Waals surface area contributed by atoms with Gasteiger partial charge in [-0.15, -0.1) is 11.6 Å². The second-order valence-corrected chi connectivity index (χ2v) is 5.86. The monoisotopic (exact) mass is 268 g/mol. The van der Waals surface area contributed by atoms with Crippen molar-refractivity contribution in [3.63, 3.8) is 0 Å². The number of methoxy groups -OCH3 is 1. The predicted molar refractivity (Wildman–Crippen MR) is 74.7 cm³/mol. The SMILES string of the molecule is COC1C(Cl)CC1Oc1cc(C)ccc1C(C)C. The molecule has 1 aliphatic carbocycles. The highest BCUT2D eigenvalue weighted by Gasteiger charge is 2.42. The Morgan fingerprint density at radius 3 is 2.61 bits per heavy atom. The molecule has 0 bridgehead atoms. The molecule has 0 aliphatic heterocycles. The molecule has 3 unspecified atom stereocenters. The summed E-state index contributed by atoms with van der Waals surface area (Å²) in [7, 11) is 1.69. The Balaban J connectivity index is 2.16. The van der Waals surface area contributed by atoms with Crippen LogP contribution in [0.25, 0.3) is 0 Å². The van der Waals surface area contributed by atoms with Gasteiger partial charge in [-0.1, -0.05) is 26.0 Å². The van der Waals surface area contributed by atoms with Crippen molar-refractivity contribution in [3.05, 3.63) is 29.3 Å². The molecule has 0 N–H and O–H groups in total. The zero-order valence-electron chi connectivity index (χ0n) is 11.4. The van der Waals surface area contributed by atoms with Crippen molar-refractivity contribution in [3.8, 4) is 5.75 Å². The van der Waals surface area contributed by atoms with Crippen molar-refractivity contribution < 1.29 is 9.47 Å². The molecule has 3 atom stereocenters. The summed E-state index contributed by atoms with van der Waals surface area (Å²) in [6.45, 7) is 6.43. The Morgan fingerprint density at radius 2 is 2.06 bits per heavy atom. The van der Waals surface area contributed by atoms with Crippen LogP contribution in [-0.4, -0.2) is 24.7 Å². The minimum Gasteiger partial charge on any atom is -0.487 e. The van der Waals surface area contributed by atoms with Gasteiger partial charge in [0.25, 0.3) is 0 Å². The molecule has 1 saturated carbocycles. The van der Waals surface area contributed by atoms with Crippen LogP contribution in [0.15, 0.2) is 18.2 Å². The van der Waals surface area contributed by atoms with E-state index in [2.05, 4.69) is 39.0 Å². The normalized spacial score (nSPS) is 27.1. The van der Waals surface area contributed by atoms with Gasteiger partial charge in [0.05, 0.1) is 5.38 Å². The molecule has 0 amide bonds. The molecule has 0 spiro atoms. The van der Waals surface area contributed by atoms with E-state index in [9.17, 15) is 0 Å². The molecule has 1 aliphatic rings. The highest BCUT2D eigenvalue weighted by atomic mass is 35.5. The largest absolute Gasteiger partial charge is 0.487 e. The lowest BCUT2D eigenvalue weighted by Crippen LogP contribution is -2.52. The molecule has 2 nitrogen and oxygen atoms in total. The lowest BCUT2D eigenvalue weighted by molar-refractivity contribution is -0.0587. The number of aryl methyl sites for hydroxylation is 1. The van der Waals surface area contributed by atoms with Gasteiger partial charge in [-0.3, -0.25) is 0 Å². The van der Waals surface area contributed by atoms with Gasteiger partial charge < -0.3 is 9.47 Å². The van der Waals surface area contributed by atoms with Crippen molar-refractivity contribution >= 4 is 11.6 Å². The maximum absolute atomic E-state index is 6.10. The fourth-order valence-electron chi connectivity index (χ4n) is 2.33. The standard InChI is InChI=1S/C15H21ClO2/c1-9(2)11-6-5-10(3)7-13(11)18-14-8-12(16)15(14)17-4/h5-7,9,12,14-15H,8H2,1-4H3. The van der Waals surface area contributed by atoms with Crippen molar-refractivity contribution in [2.75, 3.05) is 7.11 Å². The molecule has 100 valence electrons. The van der Waals surface area contributed by atoms with Gasteiger partial charge in [0.15, 0.2) is 0 Å². The summed E-state index contributed by atoms with van der Waals surface area (Å²) in [5.74, 6) is 1.43. The van der Waals surface area contributed by atoms with Gasteiger partial charge in [-0.2, -0.15) is 0 Å². The van der Waals surface area contributed by atoms with Crippen molar-refractivity contribution in [2.24, 2.45) is 0 Å². The average Bonchev–Trinajstić information content (AvgIpc) is 2.28. The van der Waals surface area contributed by atoms with E-state index < -0.39 is 0 Å². The predicted octanol–water partition coefficient (Wildman–Crippen LogP) is 3.89. The van der Waals surface area contributed by atoms with Gasteiger partial charge in [-0.25, -0.2) is 0 Å². The van der Waals surface area contributed by atoms with Gasteiger partial charge in [0.2, 0.25) is 0 Å². The molecular formula is C15H21ClO2. The smallest absolute Gasteiger partial charge is 0.128 e. The van der Waals surface area contributed by atoms with E-state index in [1.165, 1.54) is 11.1 Å². The van der Waals surface area contributed by atoms with Crippen molar-refractivity contribution in [2.45, 2.75) is 50.7 Å². The Bertz CT molecular complexity index is 417. The minimum absolute atomic E-state index is 0.00666. The second kappa shape index (κ2) is 5.50. The highest BCUT2D eigenvalue weighted by Crippen LogP contribution is 2.35. The van der Waals surface area contributed by atoms with Crippen LogP contribution in [0.2, 0.25) is 0 Å². The number of alkyl halides is 1. The first-order valence-corrected chi connectivity index (χ1v) is 6.90. The van der Waals surface area contributed by atoms with Gasteiger partial charge in [-0.05, 0) is 30.0 Å². The number of halogens is 1. The zero-order valence-corrected chi connectivity index (χ0v) is 12.2. The van der Waals surface area contributed by atoms with Crippen LogP contribution in [0, 0.1) is 6.92 Å². The average molecular weight is 269 g/mol. The molecule has 1 aromatic carbocycles. The zero-order chi connectivity index (χ0) is 13.3. The minimum atomic E-state index is 0.00666. The molecule has 3 heteroatoms. The van der Waals surface area contributed by atoms with E-state index in [4.69, 9.17) is 21.1 Å². The van der Waals surface area contributed by atoms with Crippen LogP contribution in [0.5, 0.6) is 5.75 Å². The van der Waals surface area contributed by atoms with E-state index >= 15 is 0 Å². The molecule has 1 fully saturated rings. The molecule has 18 heavy (non-hydrogen) atoms. The molecule has 1 aromatic rings. The fourth-order valence-corrected chi connectivity index (χ4v) is 2.77. The Kier molecular flexibility index (Phi) is 4.18. The lowest BCUT2D eigenvalue weighted by atomic mass is 9.90. The van der Waals surface area contributed by atoms with E-state index in [-0.39, 0.29) is 17.6 Å². The van der Waals surface area contributed by atoms with Gasteiger partial charge in [0.1, 0.15) is 18.0 Å². The van der Waals surface area contributed by atoms with Crippen molar-refractivity contribution in [1.82, 2.24) is 0 Å². The van der Waals surface area contributed by atoms with E-state index in [0.717, 1.165) is 12.2 Å². The van der Waals surface area contributed by atoms with Crippen LogP contribution in [0.3, 0.4) is 0 Å². The molecule has 2 rings (SSSR count). The van der Waals surface area contributed by atoms with E-state index in [1.54, 1.807) is 7.11 Å². The lowest BCUT2D eigenvalue weighted by Gasteiger charge is -2.40. The molecule has 0 heterocycles. The topological polar surface area (TPSA) is 18.5 Å². The van der Waals surface area contributed by atoms with Gasteiger partial charge >= 0.3 is 0 Å². The summed E-state index contributed by atoms with van der Waals surface area (Å²) in [5.41, 5.74) is 2.46. The van der Waals surface area contributed by atoms with E-state index in [0.29, 0.717) is 5.92 Å². The highest BCUT2D eigenvalue weighted by molar-refractivity contribution is 6.21. The van der Waals surface area contributed by atoms with Gasteiger partial charge in [0, 0.05) is 13.5 Å². The van der Waals surface area contributed by atoms with Crippen molar-refractivity contribution in [1.29, 1.82) is 0 Å². The van der Waals surface area contributed by atoms with Crippen LogP contribution in [0.1, 0.15) is 37.3 Å². The quantitative estimate of drug-likeness (QED) is 0.772. The molecular weight excluding hydrogens is 248 g/mol. The van der Waals surface area contributed by atoms with Crippen LogP contribution in [0.4, 0.5) is 0 Å². The molecule has 0 aromatic heterocycles. The van der Waals surface area contributed by atoms with E-state index in [1.807, 2.05) is 0 Å². The molecule has 0 radical (unpaired) electrons. The number of rotatable bonds is 4. The number of benzene rings is 1. The Hall–Kier alpha value is -0.730. The third-order valence-electron chi connectivity index (χ3n) is 3.52. The van der Waals surface area contributed by atoms with Crippen LogP contribution >= 0.6 is 11.6 Å². The first-order chi connectivity index (χ1) is 8.52. The summed E-state index contributed by atoms with van der Waals surface area (Å²) >= 11 is 6.10. The second-order valence-electron chi connectivity index (χ2n) is 5.30. The number of hydrogen-bond donors (Lipinski definition) is 0. The first-order valence-electron chi connectivity index (χ1n) is 6.47. The Morgan fingerprint density at radius 1 is 1.33 bits per heavy atom. The summed E-state index contributed by atoms with van der Waals surface area (Å²) < 4.78 is 11.4. The summed E-state index contributed by atoms with van der Waals surface area (Å²) in [4.78, 5) is 0. The number of hydrogen-bond acceptors (Lipinski definition) is 2. The third-order valence-corrected chi connectivity index (χ3v) is 3.95. The summed E-state index contributed by atoms with van der Waals surface area (Å²) in [5, 5.41) is 0.0762. The molecule has 0 saturated heterocycles. The summed E-state index contributed by atoms with van der Waals surface area (Å²) in [6.07, 6.45) is 0.940. The van der Waals surface area contributed by atoms with Crippen LogP contribution < -0.4 is 4.74 Å². The number of ether oxygens (including phenoxy) is 2.